The molecule has 0 aliphatic carbocycles. The van der Waals surface area contributed by atoms with E-state index in [1.54, 1.807) is 6.07 Å². The van der Waals surface area contributed by atoms with Crippen molar-refractivity contribution in [1.29, 1.82) is 0 Å². The third-order valence-corrected chi connectivity index (χ3v) is 2.94. The fraction of sp³-hybridized carbons (Fsp3) is 0. The molecule has 3 nitrogen and oxygen atoms in total. The number of anilines is 1. The molecule has 0 aliphatic heterocycles. The van der Waals surface area contributed by atoms with Gasteiger partial charge >= 0.3 is 0 Å². The van der Waals surface area contributed by atoms with Gasteiger partial charge in [-0.2, -0.15) is 5.10 Å². The van der Waals surface area contributed by atoms with E-state index in [0.717, 1.165) is 17.0 Å². The van der Waals surface area contributed by atoms with Crippen LogP contribution < -0.4 is 5.43 Å². The Morgan fingerprint density at radius 3 is 2.71 bits per heavy atom. The predicted molar refractivity (Wildman–Crippen MR) is 79.3 cm³/mol. The first-order valence-electron chi connectivity index (χ1n) is 6.32. The minimum Gasteiger partial charge on any atom is -0.261 e. The molecule has 0 saturated heterocycles. The third kappa shape index (κ3) is 3.02. The van der Waals surface area contributed by atoms with Gasteiger partial charge < -0.3 is 0 Å². The molecule has 104 valence electrons. The van der Waals surface area contributed by atoms with Crippen LogP contribution in [-0.2, 0) is 0 Å². The van der Waals surface area contributed by atoms with Crippen molar-refractivity contribution in [1.82, 2.24) is 4.98 Å². The van der Waals surface area contributed by atoms with E-state index in [-0.39, 0.29) is 5.56 Å². The van der Waals surface area contributed by atoms with Crippen molar-refractivity contribution in [3.8, 4) is 0 Å². The van der Waals surface area contributed by atoms with Crippen molar-refractivity contribution >= 4 is 22.9 Å². The summed E-state index contributed by atoms with van der Waals surface area (Å²) in [6.07, 6.45) is 1.28. The highest BCUT2D eigenvalue weighted by Gasteiger charge is 2.01. The second kappa shape index (κ2) is 5.66. The number of nitrogens with zero attached hydrogens (tertiary/aromatic N) is 2. The molecule has 2 aromatic carbocycles. The lowest BCUT2D eigenvalue weighted by atomic mass is 10.2. The molecule has 1 aromatic heterocycles. The van der Waals surface area contributed by atoms with Crippen LogP contribution in [0.4, 0.5) is 14.6 Å². The van der Waals surface area contributed by atoms with E-state index < -0.39 is 11.6 Å². The van der Waals surface area contributed by atoms with Crippen molar-refractivity contribution in [3.05, 3.63) is 71.8 Å². The molecule has 0 saturated carbocycles. The molecule has 0 spiro atoms. The molecule has 3 rings (SSSR count). The van der Waals surface area contributed by atoms with Gasteiger partial charge in [0, 0.05) is 17.0 Å². The van der Waals surface area contributed by atoms with Crippen LogP contribution in [0.1, 0.15) is 5.56 Å². The van der Waals surface area contributed by atoms with Gasteiger partial charge in [-0.25, -0.2) is 13.8 Å². The highest BCUT2D eigenvalue weighted by molar-refractivity contribution is 5.82. The van der Waals surface area contributed by atoms with Gasteiger partial charge in [-0.05, 0) is 30.3 Å². The maximum Gasteiger partial charge on any atom is 0.146 e. The average Bonchev–Trinajstić information content (AvgIpc) is 2.49. The zero-order valence-electron chi connectivity index (χ0n) is 10.9. The Hall–Kier alpha value is -2.82. The summed E-state index contributed by atoms with van der Waals surface area (Å²) >= 11 is 0. The zero-order valence-corrected chi connectivity index (χ0v) is 10.9. The summed E-state index contributed by atoms with van der Waals surface area (Å²) in [5.41, 5.74) is 3.76. The minimum atomic E-state index is -0.660. The van der Waals surface area contributed by atoms with Crippen LogP contribution in [0.25, 0.3) is 10.9 Å². The maximum absolute atomic E-state index is 13.4. The van der Waals surface area contributed by atoms with Crippen LogP contribution in [-0.4, -0.2) is 11.2 Å². The SMILES string of the molecule is Fc1ccc(/C=N\Nc2ccc3ccccc3n2)c(F)c1. The van der Waals surface area contributed by atoms with E-state index >= 15 is 0 Å². The van der Waals surface area contributed by atoms with Crippen molar-refractivity contribution in [2.24, 2.45) is 5.10 Å². The van der Waals surface area contributed by atoms with Gasteiger partial charge in [0.1, 0.15) is 17.5 Å². The Morgan fingerprint density at radius 1 is 1.00 bits per heavy atom. The molecule has 0 fully saturated rings. The summed E-state index contributed by atoms with van der Waals surface area (Å²) in [4.78, 5) is 4.36. The minimum absolute atomic E-state index is 0.199. The summed E-state index contributed by atoms with van der Waals surface area (Å²) in [6, 6.07) is 14.7. The Kier molecular flexibility index (Phi) is 3.55. The van der Waals surface area contributed by atoms with E-state index in [0.29, 0.717) is 5.82 Å². The molecule has 0 aliphatic rings. The highest BCUT2D eigenvalue weighted by atomic mass is 19.1. The number of fused-ring (bicyclic) bond motifs is 1. The van der Waals surface area contributed by atoms with Crippen LogP contribution in [0, 0.1) is 11.6 Å². The first kappa shape index (κ1) is 13.2. The molecular formula is C16H11F2N3. The quantitative estimate of drug-likeness (QED) is 0.583. The molecule has 0 atom stereocenters. The molecular weight excluding hydrogens is 272 g/mol. The number of halogens is 2. The molecule has 0 unspecified atom stereocenters. The van der Waals surface area contributed by atoms with Gasteiger partial charge in [-0.15, -0.1) is 0 Å². The van der Waals surface area contributed by atoms with E-state index in [9.17, 15) is 8.78 Å². The summed E-state index contributed by atoms with van der Waals surface area (Å²) in [5.74, 6) is -0.728. The third-order valence-electron chi connectivity index (χ3n) is 2.94. The monoisotopic (exact) mass is 283 g/mol. The van der Waals surface area contributed by atoms with Gasteiger partial charge in [0.05, 0.1) is 11.7 Å². The van der Waals surface area contributed by atoms with Gasteiger partial charge in [-0.1, -0.05) is 18.2 Å². The van der Waals surface area contributed by atoms with Crippen LogP contribution >= 0.6 is 0 Å². The normalized spacial score (nSPS) is 11.1. The zero-order chi connectivity index (χ0) is 14.7. The van der Waals surface area contributed by atoms with E-state index in [1.807, 2.05) is 30.3 Å². The number of hydrazone groups is 1. The number of benzene rings is 2. The lowest BCUT2D eigenvalue weighted by molar-refractivity contribution is 0.582. The topological polar surface area (TPSA) is 37.3 Å². The van der Waals surface area contributed by atoms with Crippen molar-refractivity contribution in [3.63, 3.8) is 0 Å². The molecule has 3 aromatic rings. The Bertz CT molecular complexity index is 815. The number of aromatic nitrogens is 1. The summed E-state index contributed by atoms with van der Waals surface area (Å²) in [7, 11) is 0. The Labute approximate surface area is 120 Å². The molecule has 1 N–H and O–H groups in total. The van der Waals surface area contributed by atoms with E-state index in [4.69, 9.17) is 0 Å². The number of nitrogens with one attached hydrogen (secondary N) is 1. The summed E-state index contributed by atoms with van der Waals surface area (Å²) in [5, 5.41) is 4.93. The Balaban J connectivity index is 1.77. The van der Waals surface area contributed by atoms with E-state index in [2.05, 4.69) is 15.5 Å². The number of hydrogen-bond acceptors (Lipinski definition) is 3. The van der Waals surface area contributed by atoms with Crippen LogP contribution in [0.3, 0.4) is 0 Å². The molecule has 0 bridgehead atoms. The first-order chi connectivity index (χ1) is 10.2. The largest absolute Gasteiger partial charge is 0.261 e. The second-order valence-corrected chi connectivity index (χ2v) is 4.43. The lowest BCUT2D eigenvalue weighted by Crippen LogP contribution is -1.95. The Morgan fingerprint density at radius 2 is 1.86 bits per heavy atom. The van der Waals surface area contributed by atoms with E-state index in [1.165, 1.54) is 18.3 Å². The summed E-state index contributed by atoms with van der Waals surface area (Å²) in [6.45, 7) is 0. The number of rotatable bonds is 3. The molecule has 0 amide bonds. The van der Waals surface area contributed by atoms with Gasteiger partial charge in [0.2, 0.25) is 0 Å². The number of hydrogen-bond donors (Lipinski definition) is 1. The van der Waals surface area contributed by atoms with Gasteiger partial charge in [-0.3, -0.25) is 5.43 Å². The standard InChI is InChI=1S/C16H11F2N3/c17-13-7-5-12(14(18)9-13)10-19-21-16-8-6-11-3-1-2-4-15(11)20-16/h1-10H,(H,20,21)/b19-10-. The average molecular weight is 283 g/mol. The first-order valence-corrected chi connectivity index (χ1v) is 6.32. The highest BCUT2D eigenvalue weighted by Crippen LogP contribution is 2.14. The van der Waals surface area contributed by atoms with Crippen molar-refractivity contribution in [2.45, 2.75) is 0 Å². The van der Waals surface area contributed by atoms with Crippen LogP contribution in [0.5, 0.6) is 0 Å². The predicted octanol–water partition coefficient (Wildman–Crippen LogP) is 3.96. The van der Waals surface area contributed by atoms with Gasteiger partial charge in [0.15, 0.2) is 0 Å². The van der Waals surface area contributed by atoms with Crippen molar-refractivity contribution < 1.29 is 8.78 Å². The smallest absolute Gasteiger partial charge is 0.146 e. The molecule has 21 heavy (non-hydrogen) atoms. The number of pyridine rings is 1. The summed E-state index contributed by atoms with van der Waals surface area (Å²) < 4.78 is 26.2. The maximum atomic E-state index is 13.4. The molecule has 1 heterocycles. The van der Waals surface area contributed by atoms with Gasteiger partial charge in [0.25, 0.3) is 0 Å². The second-order valence-electron chi connectivity index (χ2n) is 4.43. The number of para-hydroxylation sites is 1. The fourth-order valence-corrected chi connectivity index (χ4v) is 1.90. The van der Waals surface area contributed by atoms with Crippen LogP contribution in [0.15, 0.2) is 59.7 Å². The van der Waals surface area contributed by atoms with Crippen molar-refractivity contribution in [2.75, 3.05) is 5.43 Å². The molecule has 5 heteroatoms. The lowest BCUT2D eigenvalue weighted by Gasteiger charge is -2.02. The van der Waals surface area contributed by atoms with Crippen LogP contribution in [0.2, 0.25) is 0 Å². The molecule has 0 radical (unpaired) electrons. The fourth-order valence-electron chi connectivity index (χ4n) is 1.90.